The standard InChI is InChI=1S/C15H23NO2S.ClH/c1-4-19-15-9-13(17-2)12(8-14(15)18-3)11-6-5-7-16-10-11;/h8-9,11,16H,4-7,10H2,1-3H3;1H/t11-;/m1./s1. The molecule has 1 fully saturated rings. The molecule has 0 spiro atoms. The van der Waals surface area contributed by atoms with E-state index in [0.717, 1.165) is 35.2 Å². The third-order valence-electron chi connectivity index (χ3n) is 3.55. The molecule has 0 bridgehead atoms. The molecular weight excluding hydrogens is 294 g/mol. The quantitative estimate of drug-likeness (QED) is 0.839. The minimum atomic E-state index is 0. The molecule has 1 saturated heterocycles. The minimum Gasteiger partial charge on any atom is -0.496 e. The van der Waals surface area contributed by atoms with E-state index in [-0.39, 0.29) is 12.4 Å². The Hall–Kier alpha value is -0.580. The van der Waals surface area contributed by atoms with Gasteiger partial charge in [0.2, 0.25) is 0 Å². The van der Waals surface area contributed by atoms with E-state index in [1.807, 2.05) is 0 Å². The van der Waals surface area contributed by atoms with Crippen molar-refractivity contribution in [2.75, 3.05) is 33.1 Å². The molecule has 0 aliphatic carbocycles. The summed E-state index contributed by atoms with van der Waals surface area (Å²) in [6, 6.07) is 4.28. The number of thioether (sulfide) groups is 1. The second kappa shape index (κ2) is 8.65. The van der Waals surface area contributed by atoms with Crippen LogP contribution in [-0.2, 0) is 0 Å². The van der Waals surface area contributed by atoms with Crippen LogP contribution in [0.25, 0.3) is 0 Å². The van der Waals surface area contributed by atoms with Gasteiger partial charge >= 0.3 is 0 Å². The summed E-state index contributed by atoms with van der Waals surface area (Å²) in [6.07, 6.45) is 2.44. The summed E-state index contributed by atoms with van der Waals surface area (Å²) in [5, 5.41) is 3.46. The van der Waals surface area contributed by atoms with Gasteiger partial charge in [0.05, 0.1) is 19.1 Å². The summed E-state index contributed by atoms with van der Waals surface area (Å²) in [7, 11) is 3.49. The summed E-state index contributed by atoms with van der Waals surface area (Å²) < 4.78 is 11.1. The van der Waals surface area contributed by atoms with Crippen molar-refractivity contribution in [2.45, 2.75) is 30.6 Å². The zero-order valence-corrected chi connectivity index (χ0v) is 14.0. The number of ether oxygens (including phenoxy) is 2. The average Bonchev–Trinajstić information content (AvgIpc) is 2.48. The number of rotatable bonds is 5. The molecule has 1 aromatic rings. The van der Waals surface area contributed by atoms with Crippen LogP contribution in [-0.4, -0.2) is 33.1 Å². The second-order valence-electron chi connectivity index (χ2n) is 4.72. The van der Waals surface area contributed by atoms with Gasteiger partial charge in [-0.1, -0.05) is 6.92 Å². The highest BCUT2D eigenvalue weighted by atomic mass is 35.5. The first-order valence-electron chi connectivity index (χ1n) is 6.89. The number of piperidine rings is 1. The van der Waals surface area contributed by atoms with Gasteiger partial charge in [-0.3, -0.25) is 0 Å². The lowest BCUT2D eigenvalue weighted by Crippen LogP contribution is -2.28. The number of nitrogens with one attached hydrogen (secondary N) is 1. The second-order valence-corrected chi connectivity index (χ2v) is 6.03. The largest absolute Gasteiger partial charge is 0.496 e. The molecule has 1 N–H and O–H groups in total. The van der Waals surface area contributed by atoms with Crippen LogP contribution in [0.3, 0.4) is 0 Å². The van der Waals surface area contributed by atoms with Crippen LogP contribution in [0.4, 0.5) is 0 Å². The fourth-order valence-corrected chi connectivity index (χ4v) is 3.38. The molecule has 5 heteroatoms. The summed E-state index contributed by atoms with van der Waals surface area (Å²) in [4.78, 5) is 1.16. The van der Waals surface area contributed by atoms with Crippen molar-refractivity contribution in [3.63, 3.8) is 0 Å². The third-order valence-corrected chi connectivity index (χ3v) is 4.47. The monoisotopic (exact) mass is 317 g/mol. The number of benzene rings is 1. The van der Waals surface area contributed by atoms with Crippen LogP contribution in [0.15, 0.2) is 17.0 Å². The Morgan fingerprint density at radius 1 is 1.25 bits per heavy atom. The predicted octanol–water partition coefficient (Wildman–Crippen LogP) is 3.70. The van der Waals surface area contributed by atoms with Crippen molar-refractivity contribution >= 4 is 24.2 Å². The smallest absolute Gasteiger partial charge is 0.132 e. The van der Waals surface area contributed by atoms with Crippen molar-refractivity contribution in [2.24, 2.45) is 0 Å². The van der Waals surface area contributed by atoms with E-state index in [0.29, 0.717) is 5.92 Å². The van der Waals surface area contributed by atoms with E-state index < -0.39 is 0 Å². The number of methoxy groups -OCH3 is 2. The van der Waals surface area contributed by atoms with Gasteiger partial charge in [0, 0.05) is 18.0 Å². The average molecular weight is 318 g/mol. The molecule has 1 aromatic carbocycles. The molecule has 1 heterocycles. The van der Waals surface area contributed by atoms with Crippen molar-refractivity contribution in [3.8, 4) is 11.5 Å². The minimum absolute atomic E-state index is 0. The Labute approximate surface area is 132 Å². The highest BCUT2D eigenvalue weighted by Crippen LogP contribution is 2.40. The molecule has 1 atom stereocenters. The fraction of sp³-hybridized carbons (Fsp3) is 0.600. The number of hydrogen-bond donors (Lipinski definition) is 1. The highest BCUT2D eigenvalue weighted by molar-refractivity contribution is 7.99. The van der Waals surface area contributed by atoms with Crippen LogP contribution in [0.5, 0.6) is 11.5 Å². The molecule has 2 rings (SSSR count). The summed E-state index contributed by atoms with van der Waals surface area (Å²) in [5.41, 5.74) is 1.27. The lowest BCUT2D eigenvalue weighted by molar-refractivity contribution is 0.378. The Bertz CT molecular complexity index is 423. The summed E-state index contributed by atoms with van der Waals surface area (Å²) in [5.74, 6) is 3.51. The Morgan fingerprint density at radius 3 is 2.55 bits per heavy atom. The molecule has 0 amide bonds. The van der Waals surface area contributed by atoms with Gasteiger partial charge < -0.3 is 14.8 Å². The van der Waals surface area contributed by atoms with Crippen LogP contribution in [0.2, 0.25) is 0 Å². The fourth-order valence-electron chi connectivity index (χ4n) is 2.60. The van der Waals surface area contributed by atoms with E-state index in [1.54, 1.807) is 26.0 Å². The summed E-state index contributed by atoms with van der Waals surface area (Å²) in [6.45, 7) is 4.30. The molecule has 0 unspecified atom stereocenters. The van der Waals surface area contributed by atoms with Crippen molar-refractivity contribution in [1.82, 2.24) is 5.32 Å². The van der Waals surface area contributed by atoms with Gasteiger partial charge in [-0.25, -0.2) is 0 Å². The van der Waals surface area contributed by atoms with Gasteiger partial charge in [-0.2, -0.15) is 0 Å². The zero-order chi connectivity index (χ0) is 13.7. The predicted molar refractivity (Wildman–Crippen MR) is 88.0 cm³/mol. The molecule has 0 radical (unpaired) electrons. The number of halogens is 1. The first-order chi connectivity index (χ1) is 9.30. The summed E-state index contributed by atoms with van der Waals surface area (Å²) >= 11 is 1.79. The van der Waals surface area contributed by atoms with E-state index in [1.165, 1.54) is 18.4 Å². The lowest BCUT2D eigenvalue weighted by atomic mass is 9.91. The van der Waals surface area contributed by atoms with Crippen LogP contribution in [0.1, 0.15) is 31.2 Å². The molecule has 1 aliphatic heterocycles. The lowest BCUT2D eigenvalue weighted by Gasteiger charge is -2.25. The van der Waals surface area contributed by atoms with E-state index in [4.69, 9.17) is 9.47 Å². The zero-order valence-electron chi connectivity index (χ0n) is 12.4. The van der Waals surface area contributed by atoms with E-state index >= 15 is 0 Å². The Kier molecular flexibility index (Phi) is 7.56. The van der Waals surface area contributed by atoms with Crippen LogP contribution < -0.4 is 14.8 Å². The maximum absolute atomic E-state index is 5.59. The first-order valence-corrected chi connectivity index (χ1v) is 7.88. The Balaban J connectivity index is 0.00000200. The highest BCUT2D eigenvalue weighted by Gasteiger charge is 2.21. The number of hydrogen-bond acceptors (Lipinski definition) is 4. The normalized spacial score (nSPS) is 18.2. The third kappa shape index (κ3) is 3.96. The topological polar surface area (TPSA) is 30.5 Å². The molecular formula is C15H24ClNO2S. The molecule has 0 aromatic heterocycles. The molecule has 0 saturated carbocycles. The van der Waals surface area contributed by atoms with Crippen LogP contribution >= 0.6 is 24.2 Å². The van der Waals surface area contributed by atoms with Crippen molar-refractivity contribution in [1.29, 1.82) is 0 Å². The first kappa shape index (κ1) is 17.5. The van der Waals surface area contributed by atoms with Crippen molar-refractivity contribution in [3.05, 3.63) is 17.7 Å². The van der Waals surface area contributed by atoms with Gasteiger partial charge in [-0.15, -0.1) is 24.2 Å². The maximum Gasteiger partial charge on any atom is 0.132 e. The van der Waals surface area contributed by atoms with Gasteiger partial charge in [0.1, 0.15) is 11.5 Å². The molecule has 3 nitrogen and oxygen atoms in total. The maximum atomic E-state index is 5.59. The van der Waals surface area contributed by atoms with Gasteiger partial charge in [0.15, 0.2) is 0 Å². The van der Waals surface area contributed by atoms with E-state index in [9.17, 15) is 0 Å². The van der Waals surface area contributed by atoms with Crippen LogP contribution in [0, 0.1) is 0 Å². The molecule has 20 heavy (non-hydrogen) atoms. The van der Waals surface area contributed by atoms with E-state index in [2.05, 4.69) is 24.4 Å². The molecule has 1 aliphatic rings. The molecule has 114 valence electrons. The van der Waals surface area contributed by atoms with Gasteiger partial charge in [0.25, 0.3) is 0 Å². The SMILES string of the molecule is CCSc1cc(OC)c([C@@H]2CCCNC2)cc1OC.Cl. The van der Waals surface area contributed by atoms with Gasteiger partial charge in [-0.05, 0) is 37.3 Å². The van der Waals surface area contributed by atoms with Crippen molar-refractivity contribution < 1.29 is 9.47 Å². The Morgan fingerprint density at radius 2 is 2.00 bits per heavy atom.